The summed E-state index contributed by atoms with van der Waals surface area (Å²) in [7, 11) is 1.88. The highest BCUT2D eigenvalue weighted by Crippen LogP contribution is 2.20. The van der Waals surface area contributed by atoms with Gasteiger partial charge in [0, 0.05) is 13.2 Å². The molecule has 0 aliphatic carbocycles. The second kappa shape index (κ2) is 7.75. The van der Waals surface area contributed by atoms with Crippen molar-refractivity contribution in [3.8, 4) is 11.4 Å². The number of benzene rings is 1. The zero-order valence-electron chi connectivity index (χ0n) is 14.5. The largest absolute Gasteiger partial charge is 0.350 e. The topological polar surface area (TPSA) is 59.8 Å². The number of aryl methyl sites for hydroxylation is 1. The zero-order valence-corrected chi connectivity index (χ0v) is 14.5. The molecule has 25 heavy (non-hydrogen) atoms. The van der Waals surface area contributed by atoms with Gasteiger partial charge < -0.3 is 5.32 Å². The number of aromatic nitrogens is 3. The quantitative estimate of drug-likeness (QED) is 0.752. The smallest absolute Gasteiger partial charge is 0.227 e. The number of nitrogens with one attached hydrogen (secondary N) is 1. The lowest BCUT2D eigenvalue weighted by atomic mass is 9.96. The molecule has 128 valence electrons. The van der Waals surface area contributed by atoms with Gasteiger partial charge in [-0.3, -0.25) is 14.5 Å². The van der Waals surface area contributed by atoms with E-state index in [1.165, 1.54) is 0 Å². The average molecular weight is 334 g/mol. The Labute approximate surface area is 147 Å². The summed E-state index contributed by atoms with van der Waals surface area (Å²) in [6.45, 7) is 2.43. The van der Waals surface area contributed by atoms with Gasteiger partial charge in [0.25, 0.3) is 0 Å². The van der Waals surface area contributed by atoms with E-state index in [0.29, 0.717) is 6.54 Å². The standard InChI is InChI=1S/C20H22N4O/c1-3-17(15-9-5-4-6-10-15)20(25)22-14-16-13-19(24(2)23-16)18-11-7-8-12-21-18/h4-13,17H,3,14H2,1-2H3,(H,22,25). The van der Waals surface area contributed by atoms with Gasteiger partial charge in [0.1, 0.15) is 0 Å². The number of pyridine rings is 1. The van der Waals surface area contributed by atoms with Crippen LogP contribution in [0.5, 0.6) is 0 Å². The molecule has 2 aromatic heterocycles. The van der Waals surface area contributed by atoms with Crippen molar-refractivity contribution in [3.05, 3.63) is 72.1 Å². The number of hydrogen-bond acceptors (Lipinski definition) is 3. The summed E-state index contributed by atoms with van der Waals surface area (Å²) in [4.78, 5) is 16.9. The minimum absolute atomic E-state index is 0.0266. The van der Waals surface area contributed by atoms with Crippen LogP contribution in [0, 0.1) is 0 Å². The summed E-state index contributed by atoms with van der Waals surface area (Å²) >= 11 is 0. The van der Waals surface area contributed by atoms with Crippen molar-refractivity contribution in [2.45, 2.75) is 25.8 Å². The van der Waals surface area contributed by atoms with Gasteiger partial charge in [0.15, 0.2) is 0 Å². The molecule has 3 rings (SSSR count). The first-order chi connectivity index (χ1) is 12.2. The van der Waals surface area contributed by atoms with Gasteiger partial charge in [0.05, 0.1) is 29.5 Å². The Balaban J connectivity index is 1.68. The third-order valence-electron chi connectivity index (χ3n) is 4.23. The van der Waals surface area contributed by atoms with E-state index < -0.39 is 0 Å². The van der Waals surface area contributed by atoms with E-state index in [1.807, 2.05) is 68.6 Å². The Hall–Kier alpha value is -2.95. The molecule has 0 saturated heterocycles. The summed E-state index contributed by atoms with van der Waals surface area (Å²) in [5, 5.41) is 7.48. The van der Waals surface area contributed by atoms with Gasteiger partial charge in [-0.1, -0.05) is 43.3 Å². The summed E-state index contributed by atoms with van der Waals surface area (Å²) in [5.41, 5.74) is 3.66. The fourth-order valence-corrected chi connectivity index (χ4v) is 2.93. The number of hydrogen-bond donors (Lipinski definition) is 1. The minimum atomic E-state index is -0.139. The second-order valence-electron chi connectivity index (χ2n) is 5.95. The molecule has 0 spiro atoms. The minimum Gasteiger partial charge on any atom is -0.350 e. The van der Waals surface area contributed by atoms with Crippen LogP contribution in [-0.2, 0) is 18.4 Å². The van der Waals surface area contributed by atoms with E-state index >= 15 is 0 Å². The Morgan fingerprint density at radius 1 is 1.16 bits per heavy atom. The van der Waals surface area contributed by atoms with Crippen LogP contribution >= 0.6 is 0 Å². The normalized spacial score (nSPS) is 11.9. The molecule has 0 saturated carbocycles. The van der Waals surface area contributed by atoms with Crippen molar-refractivity contribution in [1.29, 1.82) is 0 Å². The summed E-state index contributed by atoms with van der Waals surface area (Å²) in [5.74, 6) is -0.112. The maximum absolute atomic E-state index is 12.6. The monoisotopic (exact) mass is 334 g/mol. The van der Waals surface area contributed by atoms with Crippen molar-refractivity contribution in [2.24, 2.45) is 7.05 Å². The van der Waals surface area contributed by atoms with Gasteiger partial charge in [-0.25, -0.2) is 0 Å². The Bertz CT molecular complexity index is 827. The number of carbonyl (C=O) groups excluding carboxylic acids is 1. The van der Waals surface area contributed by atoms with Crippen molar-refractivity contribution in [3.63, 3.8) is 0 Å². The highest BCUT2D eigenvalue weighted by atomic mass is 16.1. The molecule has 0 fully saturated rings. The van der Waals surface area contributed by atoms with Gasteiger partial charge >= 0.3 is 0 Å². The molecule has 2 heterocycles. The maximum Gasteiger partial charge on any atom is 0.227 e. The molecule has 0 radical (unpaired) electrons. The zero-order chi connectivity index (χ0) is 17.6. The second-order valence-corrected chi connectivity index (χ2v) is 5.95. The molecule has 1 N–H and O–H groups in total. The van der Waals surface area contributed by atoms with E-state index in [1.54, 1.807) is 10.9 Å². The lowest BCUT2D eigenvalue weighted by Crippen LogP contribution is -2.28. The average Bonchev–Trinajstić information content (AvgIpc) is 3.03. The Morgan fingerprint density at radius 3 is 2.60 bits per heavy atom. The van der Waals surface area contributed by atoms with Crippen molar-refractivity contribution >= 4 is 5.91 Å². The van der Waals surface area contributed by atoms with Crippen LogP contribution in [0.3, 0.4) is 0 Å². The molecule has 1 unspecified atom stereocenters. The summed E-state index contributed by atoms with van der Waals surface area (Å²) in [6, 6.07) is 17.6. The van der Waals surface area contributed by atoms with E-state index in [4.69, 9.17) is 0 Å². The molecule has 1 amide bonds. The highest BCUT2D eigenvalue weighted by molar-refractivity contribution is 5.83. The van der Waals surface area contributed by atoms with E-state index in [0.717, 1.165) is 29.1 Å². The first-order valence-corrected chi connectivity index (χ1v) is 8.46. The van der Waals surface area contributed by atoms with Crippen LogP contribution in [0.1, 0.15) is 30.5 Å². The number of nitrogens with zero attached hydrogens (tertiary/aromatic N) is 3. The van der Waals surface area contributed by atoms with Crippen LogP contribution in [0.4, 0.5) is 0 Å². The van der Waals surface area contributed by atoms with Crippen LogP contribution in [-0.4, -0.2) is 20.7 Å². The molecule has 0 bridgehead atoms. The molecule has 1 atom stereocenters. The van der Waals surface area contributed by atoms with E-state index in [-0.39, 0.29) is 11.8 Å². The predicted molar refractivity (Wildman–Crippen MR) is 97.8 cm³/mol. The lowest BCUT2D eigenvalue weighted by Gasteiger charge is -2.14. The van der Waals surface area contributed by atoms with Crippen LogP contribution in [0.2, 0.25) is 0 Å². The number of carbonyl (C=O) groups is 1. The fourth-order valence-electron chi connectivity index (χ4n) is 2.93. The molecule has 0 aliphatic rings. The summed E-state index contributed by atoms with van der Waals surface area (Å²) < 4.78 is 1.79. The van der Waals surface area contributed by atoms with Crippen molar-refractivity contribution < 1.29 is 4.79 Å². The molecular formula is C20H22N4O. The Morgan fingerprint density at radius 2 is 1.92 bits per heavy atom. The van der Waals surface area contributed by atoms with E-state index in [9.17, 15) is 4.79 Å². The van der Waals surface area contributed by atoms with Gasteiger partial charge in [-0.15, -0.1) is 0 Å². The third-order valence-corrected chi connectivity index (χ3v) is 4.23. The highest BCUT2D eigenvalue weighted by Gasteiger charge is 2.18. The molecule has 5 nitrogen and oxygen atoms in total. The first-order valence-electron chi connectivity index (χ1n) is 8.46. The maximum atomic E-state index is 12.6. The number of amides is 1. The molecule has 5 heteroatoms. The number of rotatable bonds is 6. The van der Waals surface area contributed by atoms with Gasteiger partial charge in [-0.05, 0) is 30.2 Å². The SMILES string of the molecule is CCC(C(=O)NCc1cc(-c2ccccn2)n(C)n1)c1ccccc1. The van der Waals surface area contributed by atoms with Crippen LogP contribution < -0.4 is 5.32 Å². The lowest BCUT2D eigenvalue weighted by molar-refractivity contribution is -0.122. The third kappa shape index (κ3) is 3.94. The van der Waals surface area contributed by atoms with Gasteiger partial charge in [-0.2, -0.15) is 5.10 Å². The van der Waals surface area contributed by atoms with Crippen molar-refractivity contribution in [2.75, 3.05) is 0 Å². The van der Waals surface area contributed by atoms with Gasteiger partial charge in [0.2, 0.25) is 5.91 Å². The first kappa shape index (κ1) is 16.9. The molecule has 0 aliphatic heterocycles. The van der Waals surface area contributed by atoms with Crippen LogP contribution in [0.25, 0.3) is 11.4 Å². The van der Waals surface area contributed by atoms with Crippen LogP contribution in [0.15, 0.2) is 60.8 Å². The van der Waals surface area contributed by atoms with Crippen molar-refractivity contribution in [1.82, 2.24) is 20.1 Å². The molecular weight excluding hydrogens is 312 g/mol. The fraction of sp³-hybridized carbons (Fsp3) is 0.250. The van der Waals surface area contributed by atoms with E-state index in [2.05, 4.69) is 15.4 Å². The predicted octanol–water partition coefficient (Wildman–Crippen LogP) is 3.29. The summed E-state index contributed by atoms with van der Waals surface area (Å²) in [6.07, 6.45) is 2.52. The Kier molecular flexibility index (Phi) is 5.23. The molecule has 3 aromatic rings. The molecule has 1 aromatic carbocycles.